The van der Waals surface area contributed by atoms with E-state index in [4.69, 9.17) is 16.3 Å². The van der Waals surface area contributed by atoms with Gasteiger partial charge in [-0.3, -0.25) is 4.57 Å². The van der Waals surface area contributed by atoms with Gasteiger partial charge in [0.25, 0.3) is 0 Å². The number of halogens is 2. The Hall–Kier alpha value is -2.89. The number of aliphatic hydroxyl groups excluding tert-OH is 2. The number of benzene rings is 2. The maximum absolute atomic E-state index is 14.3. The van der Waals surface area contributed by atoms with Gasteiger partial charge in [0.2, 0.25) is 0 Å². The van der Waals surface area contributed by atoms with Crippen LogP contribution >= 0.6 is 19.2 Å². The van der Waals surface area contributed by atoms with Crippen molar-refractivity contribution in [2.75, 3.05) is 5.32 Å². The van der Waals surface area contributed by atoms with Crippen LogP contribution in [0.4, 0.5) is 10.1 Å². The molecule has 2 aromatic heterocycles. The average molecular weight is 549 g/mol. The second-order valence-corrected chi connectivity index (χ2v) is 10.8. The number of aromatic nitrogens is 3. The third kappa shape index (κ3) is 4.87. The Morgan fingerprint density at radius 1 is 1.14 bits per heavy atom. The van der Waals surface area contributed by atoms with E-state index < -0.39 is 38.2 Å². The molecule has 0 aliphatic carbocycles. The highest BCUT2D eigenvalue weighted by Gasteiger charge is 2.45. The molecule has 1 saturated heterocycles. The highest BCUT2D eigenvalue weighted by Crippen LogP contribution is 2.41. The van der Waals surface area contributed by atoms with Gasteiger partial charge in [-0.15, -0.1) is 0 Å². The van der Waals surface area contributed by atoms with E-state index in [9.17, 15) is 29.0 Å². The summed E-state index contributed by atoms with van der Waals surface area (Å²) in [6.07, 6.45) is -3.39. The van der Waals surface area contributed by atoms with Crippen LogP contribution in [-0.4, -0.2) is 47.0 Å². The highest BCUT2D eigenvalue weighted by atomic mass is 35.5. The molecule has 5 rings (SSSR count). The predicted molar refractivity (Wildman–Crippen MR) is 134 cm³/mol. The molecule has 3 heterocycles. The fourth-order valence-electron chi connectivity index (χ4n) is 4.43. The number of pyridine rings is 1. The van der Waals surface area contributed by atoms with Gasteiger partial charge in [0.15, 0.2) is 11.9 Å². The van der Waals surface area contributed by atoms with E-state index in [1.54, 1.807) is 31.2 Å². The predicted octanol–water partition coefficient (Wildman–Crippen LogP) is 3.19. The van der Waals surface area contributed by atoms with Crippen molar-refractivity contribution in [2.45, 2.75) is 37.5 Å². The molecule has 0 spiro atoms. The smallest absolute Gasteiger partial charge is 0.356 e. The number of hydrogen-bond donors (Lipinski definition) is 5. The summed E-state index contributed by atoms with van der Waals surface area (Å²) in [6, 6.07) is 12.9. The van der Waals surface area contributed by atoms with Crippen molar-refractivity contribution in [1.29, 1.82) is 0 Å². The molecule has 0 bridgehead atoms. The van der Waals surface area contributed by atoms with Gasteiger partial charge < -0.3 is 30.1 Å². The van der Waals surface area contributed by atoms with E-state index in [0.29, 0.717) is 22.2 Å². The van der Waals surface area contributed by atoms with Crippen LogP contribution in [0, 0.1) is 5.82 Å². The standard InChI is InChI=1S/C24H23ClFN4O6P/c1-12(15-4-2-3-5-17(15)26)28-18-10-19(25)29-23-16(18)11-27-30(23)24-21(32)20(31)22(36-24)13-6-8-14(9-7-13)37(33,34)35/h2-12,20-22,24,31-32H,1H3,(H,28,29)(H2,33,34,35)/t12-,20-,21+,22+,24+/m0/s1. The van der Waals surface area contributed by atoms with Gasteiger partial charge in [0.1, 0.15) is 29.3 Å². The Labute approximate surface area is 215 Å². The zero-order chi connectivity index (χ0) is 26.5. The fourth-order valence-corrected chi connectivity index (χ4v) is 5.15. The van der Waals surface area contributed by atoms with Crippen molar-refractivity contribution in [3.05, 3.63) is 82.9 Å². The van der Waals surface area contributed by atoms with Crippen molar-refractivity contribution < 1.29 is 33.7 Å². The minimum atomic E-state index is -4.43. The number of ether oxygens (including phenoxy) is 1. The quantitative estimate of drug-likeness (QED) is 0.181. The molecule has 0 saturated carbocycles. The number of anilines is 1. The summed E-state index contributed by atoms with van der Waals surface area (Å²) in [6.45, 7) is 1.80. The Kier molecular flexibility index (Phi) is 6.80. The normalized spacial score (nSPS) is 22.9. The molecule has 4 aromatic rings. The van der Waals surface area contributed by atoms with E-state index in [1.165, 1.54) is 41.2 Å². The molecular formula is C24H23ClFN4O6P. The van der Waals surface area contributed by atoms with Gasteiger partial charge in [-0.1, -0.05) is 41.9 Å². The third-order valence-electron chi connectivity index (χ3n) is 6.32. The second-order valence-electron chi connectivity index (χ2n) is 8.77. The molecule has 5 atom stereocenters. The molecule has 5 N–H and O–H groups in total. The van der Waals surface area contributed by atoms with Crippen LogP contribution in [0.15, 0.2) is 60.8 Å². The maximum Gasteiger partial charge on any atom is 0.356 e. The van der Waals surface area contributed by atoms with Gasteiger partial charge in [-0.05, 0) is 36.8 Å². The van der Waals surface area contributed by atoms with Crippen LogP contribution in [0.25, 0.3) is 11.0 Å². The monoisotopic (exact) mass is 548 g/mol. The van der Waals surface area contributed by atoms with Crippen molar-refractivity contribution in [1.82, 2.24) is 14.8 Å². The molecular weight excluding hydrogens is 526 g/mol. The number of rotatable bonds is 6. The summed E-state index contributed by atoms with van der Waals surface area (Å²) in [5, 5.41) is 29.5. The number of nitrogens with one attached hydrogen (secondary N) is 1. The molecule has 1 aliphatic rings. The molecule has 13 heteroatoms. The summed E-state index contributed by atoms with van der Waals surface area (Å²) in [5.41, 5.74) is 1.68. The van der Waals surface area contributed by atoms with Crippen LogP contribution in [0.5, 0.6) is 0 Å². The SMILES string of the molecule is C[C@H](Nc1cc(Cl)nc2c1cnn2[C@@H]1O[C@H](c2ccc(P(=O)(O)O)cc2)[C@@H](O)[C@H]1O)c1ccccc1F. The molecule has 2 aromatic carbocycles. The molecule has 1 fully saturated rings. The van der Waals surface area contributed by atoms with Crippen LogP contribution in [0.2, 0.25) is 5.15 Å². The van der Waals surface area contributed by atoms with Crippen LogP contribution in [-0.2, 0) is 9.30 Å². The summed E-state index contributed by atoms with van der Waals surface area (Å²) >= 11 is 6.28. The van der Waals surface area contributed by atoms with E-state index in [2.05, 4.69) is 15.4 Å². The largest absolute Gasteiger partial charge is 0.387 e. The third-order valence-corrected chi connectivity index (χ3v) is 7.48. The lowest BCUT2D eigenvalue weighted by molar-refractivity contribution is -0.0428. The lowest BCUT2D eigenvalue weighted by atomic mass is 10.0. The van der Waals surface area contributed by atoms with Crippen LogP contribution in [0.1, 0.15) is 36.4 Å². The van der Waals surface area contributed by atoms with Gasteiger partial charge in [-0.2, -0.15) is 5.10 Å². The number of hydrogen-bond acceptors (Lipinski definition) is 7. The minimum Gasteiger partial charge on any atom is -0.387 e. The minimum absolute atomic E-state index is 0.120. The first-order valence-electron chi connectivity index (χ1n) is 11.3. The Bertz CT molecular complexity index is 1500. The summed E-state index contributed by atoms with van der Waals surface area (Å²) in [5.74, 6) is -0.356. The van der Waals surface area contributed by atoms with Gasteiger partial charge >= 0.3 is 7.60 Å². The molecule has 10 nitrogen and oxygen atoms in total. The van der Waals surface area contributed by atoms with E-state index in [0.717, 1.165) is 0 Å². The second kappa shape index (κ2) is 9.77. The van der Waals surface area contributed by atoms with E-state index >= 15 is 0 Å². The first-order chi connectivity index (χ1) is 17.5. The Morgan fingerprint density at radius 2 is 1.84 bits per heavy atom. The summed E-state index contributed by atoms with van der Waals surface area (Å²) in [7, 11) is -4.43. The zero-order valence-electron chi connectivity index (χ0n) is 19.3. The molecule has 1 aliphatic heterocycles. The maximum atomic E-state index is 14.3. The summed E-state index contributed by atoms with van der Waals surface area (Å²) in [4.78, 5) is 23.0. The zero-order valence-corrected chi connectivity index (χ0v) is 21.0. The van der Waals surface area contributed by atoms with Crippen molar-refractivity contribution >= 4 is 41.2 Å². The number of nitrogens with zero attached hydrogens (tertiary/aromatic N) is 3. The molecule has 0 unspecified atom stereocenters. The molecule has 0 amide bonds. The fraction of sp³-hybridized carbons (Fsp3) is 0.250. The number of fused-ring (bicyclic) bond motifs is 1. The molecule has 37 heavy (non-hydrogen) atoms. The van der Waals surface area contributed by atoms with E-state index in [1.807, 2.05) is 0 Å². The van der Waals surface area contributed by atoms with Crippen molar-refractivity contribution in [2.24, 2.45) is 0 Å². The van der Waals surface area contributed by atoms with Gasteiger partial charge in [0, 0.05) is 5.56 Å². The van der Waals surface area contributed by atoms with E-state index in [-0.39, 0.29) is 21.9 Å². The van der Waals surface area contributed by atoms with Crippen molar-refractivity contribution in [3.63, 3.8) is 0 Å². The Morgan fingerprint density at radius 3 is 2.51 bits per heavy atom. The Balaban J connectivity index is 1.45. The van der Waals surface area contributed by atoms with Gasteiger partial charge in [0.05, 0.1) is 28.6 Å². The van der Waals surface area contributed by atoms with Gasteiger partial charge in [-0.25, -0.2) is 14.1 Å². The average Bonchev–Trinajstić information content (AvgIpc) is 3.39. The lowest BCUT2D eigenvalue weighted by Crippen LogP contribution is -2.29. The van der Waals surface area contributed by atoms with Crippen LogP contribution in [0.3, 0.4) is 0 Å². The molecule has 194 valence electrons. The first kappa shape index (κ1) is 25.7. The lowest BCUT2D eigenvalue weighted by Gasteiger charge is -2.18. The first-order valence-corrected chi connectivity index (χ1v) is 13.3. The topological polar surface area (TPSA) is 150 Å². The van der Waals surface area contributed by atoms with Crippen molar-refractivity contribution in [3.8, 4) is 0 Å². The highest BCUT2D eigenvalue weighted by molar-refractivity contribution is 7.60. The number of aliphatic hydroxyl groups is 2. The summed E-state index contributed by atoms with van der Waals surface area (Å²) < 4.78 is 33.0. The van der Waals surface area contributed by atoms with Crippen LogP contribution < -0.4 is 10.6 Å². The molecule has 0 radical (unpaired) electrons.